The minimum Gasteiger partial charge on any atom is -0.369 e. The highest BCUT2D eigenvalue weighted by Crippen LogP contribution is 2.49. The van der Waals surface area contributed by atoms with Crippen LogP contribution in [0.25, 0.3) is 22.3 Å². The van der Waals surface area contributed by atoms with Crippen LogP contribution in [0.1, 0.15) is 157 Å². The van der Waals surface area contributed by atoms with Crippen molar-refractivity contribution >= 4 is 80.7 Å². The molecule has 11 heteroatoms. The maximum Gasteiger partial charge on any atom is 0.224 e. The Morgan fingerprint density at radius 3 is 1.41 bits per heavy atom. The van der Waals surface area contributed by atoms with Crippen LogP contribution in [0, 0.1) is 51.4 Å². The number of hydrogen-bond donors (Lipinski definition) is 4. The van der Waals surface area contributed by atoms with Gasteiger partial charge in [0.2, 0.25) is 23.6 Å². The summed E-state index contributed by atoms with van der Waals surface area (Å²) >= 11 is 18.5. The molecule has 8 aliphatic rings. The van der Waals surface area contributed by atoms with E-state index in [9.17, 15) is 19.2 Å². The Morgan fingerprint density at radius 1 is 0.479 bits per heavy atom. The Balaban J connectivity index is 0.000000130. The first-order valence-corrected chi connectivity index (χ1v) is 25.2. The summed E-state index contributed by atoms with van der Waals surface area (Å²) < 4.78 is 80.7. The van der Waals surface area contributed by atoms with Gasteiger partial charge in [-0.25, -0.2) is 0 Å². The number of hydrogen-bond acceptors (Lipinski definition) is 4. The van der Waals surface area contributed by atoms with Crippen molar-refractivity contribution in [3.8, 4) is 0 Å². The third kappa shape index (κ3) is 9.93. The summed E-state index contributed by atoms with van der Waals surface area (Å²) in [7, 11) is 0. The first-order valence-electron chi connectivity index (χ1n) is 29.1. The number of amides is 4. The summed E-state index contributed by atoms with van der Waals surface area (Å²) in [5.41, 5.74) is 40.7. The van der Waals surface area contributed by atoms with E-state index >= 15 is 0 Å². The molecule has 8 nitrogen and oxygen atoms in total. The minimum atomic E-state index is -1.46. The maximum atomic E-state index is 11.7. The average molecular weight is 1020 g/mol. The zero-order chi connectivity index (χ0) is 59.5. The van der Waals surface area contributed by atoms with Crippen LogP contribution in [0.5, 0.6) is 0 Å². The molecule has 4 aromatic carbocycles. The van der Waals surface area contributed by atoms with Crippen LogP contribution in [-0.4, -0.2) is 23.6 Å². The molecular formula is C60H65Cl3N4O4. The number of primary amides is 4. The van der Waals surface area contributed by atoms with Gasteiger partial charge in [0.1, 0.15) is 0 Å². The molecule has 0 aromatic heterocycles. The predicted octanol–water partition coefficient (Wildman–Crippen LogP) is 12.3. The second kappa shape index (κ2) is 20.6. The van der Waals surface area contributed by atoms with Gasteiger partial charge in [-0.3, -0.25) is 19.2 Å². The topological polar surface area (TPSA) is 172 Å². The normalized spacial score (nSPS) is 26.8. The third-order valence-corrected chi connectivity index (χ3v) is 16.3. The number of fused-ring (bicyclic) bond motifs is 8. The van der Waals surface area contributed by atoms with Crippen molar-refractivity contribution < 1.29 is 32.9 Å². The number of benzene rings is 4. The average Bonchev–Trinajstić information content (AvgIpc) is 2.78. The molecule has 0 bridgehead atoms. The number of rotatable bonds is 4. The van der Waals surface area contributed by atoms with E-state index in [0.717, 1.165) is 106 Å². The summed E-state index contributed by atoms with van der Waals surface area (Å²) in [5.74, 6) is -3.95. The van der Waals surface area contributed by atoms with E-state index in [1.807, 2.05) is 57.2 Å². The van der Waals surface area contributed by atoms with Gasteiger partial charge in [-0.15, -0.1) is 0 Å². The first kappa shape index (κ1) is 39.2. The van der Waals surface area contributed by atoms with Crippen molar-refractivity contribution in [2.45, 2.75) is 130 Å². The van der Waals surface area contributed by atoms with E-state index < -0.39 is 72.8 Å². The van der Waals surface area contributed by atoms with E-state index in [0.29, 0.717) is 71.2 Å². The molecule has 8 aliphatic carbocycles. The van der Waals surface area contributed by atoms with Gasteiger partial charge in [-0.2, -0.15) is 0 Å². The van der Waals surface area contributed by atoms with Gasteiger partial charge in [0.05, 0.1) is 26.4 Å². The van der Waals surface area contributed by atoms with Gasteiger partial charge in [0.15, 0.2) is 0 Å². The summed E-state index contributed by atoms with van der Waals surface area (Å²) in [6.07, 6.45) is -1.34. The molecule has 0 aliphatic heterocycles. The van der Waals surface area contributed by atoms with Crippen molar-refractivity contribution in [1.29, 1.82) is 0 Å². The van der Waals surface area contributed by atoms with E-state index in [-0.39, 0.29) is 38.5 Å². The number of carbonyl (C=O) groups excluding carboxylic acids is 4. The minimum absolute atomic E-state index is 0.120. The SMILES string of the molecule is [2H]C1([2H])CC2=C(Cc3c(C)cc(Cl)cc32)C(C(N)=O)C1.[2H]C1([2H])CC2=C(Cc3cc(C)c(Cl)cc32)C(C(N)=O)C1.[2H]c1c(C)c(Cl)cc2c1CC1=C2CC([2H])([2H])CC1C(N)=O.[2H]c1c(C)ccc2c1C1=C(C2)C(C(N)=O)CC([2H])([2H])C1. The lowest BCUT2D eigenvalue weighted by molar-refractivity contribution is -0.121. The molecule has 370 valence electrons. The van der Waals surface area contributed by atoms with E-state index in [1.165, 1.54) is 0 Å². The molecule has 0 saturated heterocycles. The Labute approximate surface area is 447 Å². The summed E-state index contributed by atoms with van der Waals surface area (Å²) in [6, 6.07) is 14.2. The zero-order valence-corrected chi connectivity index (χ0v) is 42.7. The Bertz CT molecular complexity index is 3570. The molecule has 0 fully saturated rings. The second-order valence-electron chi connectivity index (χ2n) is 19.7. The summed E-state index contributed by atoms with van der Waals surface area (Å²) in [5, 5.41) is 1.84. The quantitative estimate of drug-likeness (QED) is 0.159. The van der Waals surface area contributed by atoms with Crippen molar-refractivity contribution in [3.63, 3.8) is 0 Å². The Morgan fingerprint density at radius 2 is 0.901 bits per heavy atom. The van der Waals surface area contributed by atoms with Crippen molar-refractivity contribution in [2.75, 3.05) is 0 Å². The Hall–Kier alpha value is -5.41. The number of carbonyl (C=O) groups is 4. The maximum absolute atomic E-state index is 11.7. The number of halogens is 3. The lowest BCUT2D eigenvalue weighted by Crippen LogP contribution is -2.27. The standard InChI is InChI=1S/3C15H16ClNO.C15H17NO/c2*1-8-5-9-6-13-10(12(9)7-14(8)16)3-2-4-11(13)15(17)18;1-8-5-9(16)6-13-10-3-2-4-11(15(17)18)14(10)7-12(8)13;1-9-5-6-10-8-14-11(13(10)7-9)3-2-4-12(14)15(16)17/h2*5,7,11H,2-4,6H2,1H3,(H2,17,18);5-6,11H,2-4,7H2,1H3,(H2,17,18);5-7,12H,2-4,8H2,1H3,(H2,16,17)/i2D2,5D;2*2D2;2D2,7D. The fourth-order valence-electron chi connectivity index (χ4n) is 11.6. The van der Waals surface area contributed by atoms with Gasteiger partial charge in [-0.1, -0.05) is 70.7 Å². The van der Waals surface area contributed by atoms with Crippen LogP contribution in [0.15, 0.2) is 76.8 Å². The molecule has 0 saturated carbocycles. The predicted molar refractivity (Wildman–Crippen MR) is 288 cm³/mol. The molecule has 4 atom stereocenters. The van der Waals surface area contributed by atoms with Crippen molar-refractivity contribution in [2.24, 2.45) is 46.6 Å². The number of nitrogens with two attached hydrogens (primary N) is 4. The smallest absolute Gasteiger partial charge is 0.224 e. The van der Waals surface area contributed by atoms with Gasteiger partial charge in [0.25, 0.3) is 0 Å². The zero-order valence-electron chi connectivity index (χ0n) is 50.4. The second-order valence-corrected chi connectivity index (χ2v) is 21.0. The van der Waals surface area contributed by atoms with E-state index in [1.54, 1.807) is 13.0 Å². The molecule has 0 heterocycles. The molecule has 4 unspecified atom stereocenters. The van der Waals surface area contributed by atoms with Crippen LogP contribution >= 0.6 is 34.8 Å². The van der Waals surface area contributed by atoms with Gasteiger partial charge in [0, 0.05) is 26.0 Å². The van der Waals surface area contributed by atoms with Crippen LogP contribution in [0.2, 0.25) is 15.1 Å². The molecule has 71 heavy (non-hydrogen) atoms. The highest BCUT2D eigenvalue weighted by atomic mass is 35.5. The van der Waals surface area contributed by atoms with Gasteiger partial charge in [-0.05, 0) is 260 Å². The van der Waals surface area contributed by atoms with Crippen LogP contribution in [0.3, 0.4) is 0 Å². The molecular weight excluding hydrogens is 947 g/mol. The van der Waals surface area contributed by atoms with Gasteiger partial charge < -0.3 is 22.9 Å². The van der Waals surface area contributed by atoms with Crippen LogP contribution in [0.4, 0.5) is 0 Å². The lowest BCUT2D eigenvalue weighted by atomic mass is 9.82. The highest BCUT2D eigenvalue weighted by Gasteiger charge is 2.37. The number of aryl methyl sites for hydroxylation is 3. The van der Waals surface area contributed by atoms with Gasteiger partial charge >= 0.3 is 0 Å². The monoisotopic (exact) mass is 1020 g/mol. The summed E-state index contributed by atoms with van der Waals surface area (Å²) in [6.45, 7) is 7.62. The van der Waals surface area contributed by atoms with Crippen LogP contribution in [-0.2, 0) is 44.9 Å². The Kier molecular flexibility index (Phi) is 11.4. The molecule has 8 N–H and O–H groups in total. The largest absolute Gasteiger partial charge is 0.369 e. The van der Waals surface area contributed by atoms with E-state index in [4.69, 9.17) is 71.4 Å². The van der Waals surface area contributed by atoms with Crippen molar-refractivity contribution in [1.82, 2.24) is 0 Å². The number of allylic oxidation sites excluding steroid dienone is 4. The highest BCUT2D eigenvalue weighted by molar-refractivity contribution is 6.32. The molecule has 12 rings (SSSR count). The molecule has 4 aromatic rings. The molecule has 0 spiro atoms. The van der Waals surface area contributed by atoms with Crippen LogP contribution < -0.4 is 22.9 Å². The fourth-order valence-corrected chi connectivity index (χ4v) is 12.2. The molecule has 4 amide bonds. The first-order chi connectivity index (χ1) is 37.6. The fraction of sp³-hybridized carbons (Fsp3) is 0.400. The molecule has 0 radical (unpaired) electrons. The summed E-state index contributed by atoms with van der Waals surface area (Å²) in [4.78, 5) is 46.7. The third-order valence-electron chi connectivity index (χ3n) is 15.3. The van der Waals surface area contributed by atoms with E-state index in [2.05, 4.69) is 0 Å². The van der Waals surface area contributed by atoms with Crippen molar-refractivity contribution in [3.05, 3.63) is 159 Å². The lowest BCUT2D eigenvalue weighted by Gasteiger charge is -2.22.